The van der Waals surface area contributed by atoms with Gasteiger partial charge in [0.25, 0.3) is 5.91 Å². The minimum atomic E-state index is -0.165. The largest absolute Gasteiger partial charge is 0.361 e. The summed E-state index contributed by atoms with van der Waals surface area (Å²) >= 11 is 0. The van der Waals surface area contributed by atoms with Crippen LogP contribution in [0, 0.1) is 0 Å². The normalized spacial score (nSPS) is 19.2. The maximum atomic E-state index is 13.3. The number of aromatic amines is 1. The van der Waals surface area contributed by atoms with Crippen LogP contribution < -0.4 is 0 Å². The van der Waals surface area contributed by atoms with Crippen molar-refractivity contribution in [3.05, 3.63) is 71.4 Å². The molecular weight excluding hydrogens is 374 g/mol. The number of carbonyl (C=O) groups excluding carboxylic acids is 2. The van der Waals surface area contributed by atoms with Crippen LogP contribution in [0.5, 0.6) is 0 Å². The van der Waals surface area contributed by atoms with E-state index in [-0.39, 0.29) is 17.9 Å². The molecule has 0 saturated carbocycles. The second-order valence-corrected chi connectivity index (χ2v) is 8.32. The lowest BCUT2D eigenvalue weighted by Crippen LogP contribution is -2.36. The molecule has 3 aromatic rings. The Labute approximate surface area is 176 Å². The van der Waals surface area contributed by atoms with Crippen molar-refractivity contribution >= 4 is 22.7 Å². The molecule has 3 heterocycles. The van der Waals surface area contributed by atoms with Crippen molar-refractivity contribution in [2.45, 2.75) is 38.1 Å². The fourth-order valence-corrected chi connectivity index (χ4v) is 4.95. The van der Waals surface area contributed by atoms with Gasteiger partial charge in [-0.2, -0.15) is 0 Å². The quantitative estimate of drug-likeness (QED) is 0.699. The van der Waals surface area contributed by atoms with Gasteiger partial charge < -0.3 is 14.8 Å². The number of fused-ring (bicyclic) bond motifs is 2. The highest BCUT2D eigenvalue weighted by molar-refractivity contribution is 6.01. The van der Waals surface area contributed by atoms with E-state index < -0.39 is 0 Å². The van der Waals surface area contributed by atoms with Crippen molar-refractivity contribution in [3.63, 3.8) is 0 Å². The van der Waals surface area contributed by atoms with Crippen molar-refractivity contribution in [2.75, 3.05) is 19.6 Å². The molecule has 0 spiro atoms. The molecule has 1 atom stereocenters. The summed E-state index contributed by atoms with van der Waals surface area (Å²) in [7, 11) is 0. The Morgan fingerprint density at radius 1 is 0.933 bits per heavy atom. The van der Waals surface area contributed by atoms with Crippen molar-refractivity contribution in [2.24, 2.45) is 0 Å². The molecule has 0 aliphatic carbocycles. The maximum absolute atomic E-state index is 13.3. The Morgan fingerprint density at radius 2 is 1.67 bits per heavy atom. The van der Waals surface area contributed by atoms with E-state index in [4.69, 9.17) is 0 Å². The van der Waals surface area contributed by atoms with Gasteiger partial charge in [-0.05, 0) is 30.5 Å². The summed E-state index contributed by atoms with van der Waals surface area (Å²) < 4.78 is 0. The second-order valence-electron chi connectivity index (χ2n) is 8.32. The van der Waals surface area contributed by atoms with Crippen molar-refractivity contribution in [3.8, 4) is 0 Å². The summed E-state index contributed by atoms with van der Waals surface area (Å²) in [5.41, 5.74) is 3.92. The molecule has 1 saturated heterocycles. The topological polar surface area (TPSA) is 56.4 Å². The summed E-state index contributed by atoms with van der Waals surface area (Å²) in [6.45, 7) is 2.13. The first kappa shape index (κ1) is 18.9. The number of amides is 2. The molecule has 1 fully saturated rings. The maximum Gasteiger partial charge on any atom is 0.255 e. The number of nitrogens with one attached hydrogen (secondary N) is 1. The molecule has 0 bridgehead atoms. The minimum Gasteiger partial charge on any atom is -0.361 e. The summed E-state index contributed by atoms with van der Waals surface area (Å²) in [6, 6.07) is 15.8. The van der Waals surface area contributed by atoms with Crippen molar-refractivity contribution in [1.82, 2.24) is 14.8 Å². The van der Waals surface area contributed by atoms with E-state index >= 15 is 0 Å². The van der Waals surface area contributed by atoms with E-state index in [2.05, 4.69) is 17.1 Å². The second kappa shape index (κ2) is 7.98. The SMILES string of the molecule is O=C(CCN1C(=O)c2ccccc2[C@H]1c1c[nH]c2ccccc12)N1CCCCCC1. The number of nitrogens with zero attached hydrogens (tertiary/aromatic N) is 2. The Hall–Kier alpha value is -3.08. The molecule has 2 amide bonds. The Kier molecular flexibility index (Phi) is 5.03. The zero-order valence-electron chi connectivity index (χ0n) is 17.1. The molecule has 0 radical (unpaired) electrons. The third-order valence-corrected chi connectivity index (χ3v) is 6.50. The first-order valence-electron chi connectivity index (χ1n) is 11.0. The predicted molar refractivity (Wildman–Crippen MR) is 117 cm³/mol. The van der Waals surface area contributed by atoms with Gasteiger partial charge in [0.05, 0.1) is 6.04 Å². The van der Waals surface area contributed by atoms with Gasteiger partial charge in [0, 0.05) is 54.3 Å². The number of likely N-dealkylation sites (tertiary alicyclic amines) is 1. The fraction of sp³-hybridized carbons (Fsp3) is 0.360. The minimum absolute atomic E-state index is 0.0181. The summed E-state index contributed by atoms with van der Waals surface area (Å²) in [6.07, 6.45) is 6.95. The Morgan fingerprint density at radius 3 is 2.50 bits per heavy atom. The van der Waals surface area contributed by atoms with Gasteiger partial charge in [-0.1, -0.05) is 49.2 Å². The molecule has 5 rings (SSSR count). The summed E-state index contributed by atoms with van der Waals surface area (Å²) in [5, 5.41) is 1.12. The van der Waals surface area contributed by atoms with E-state index in [1.165, 1.54) is 12.8 Å². The molecule has 5 nitrogen and oxygen atoms in total. The van der Waals surface area contributed by atoms with E-state index in [1.54, 1.807) is 0 Å². The molecule has 0 unspecified atom stereocenters. The van der Waals surface area contributed by atoms with Crippen LogP contribution in [0.1, 0.15) is 59.6 Å². The van der Waals surface area contributed by atoms with Crippen LogP contribution in [0.3, 0.4) is 0 Å². The van der Waals surface area contributed by atoms with E-state index in [0.717, 1.165) is 53.5 Å². The highest BCUT2D eigenvalue weighted by Gasteiger charge is 2.38. The molecule has 30 heavy (non-hydrogen) atoms. The van der Waals surface area contributed by atoms with Crippen LogP contribution in [0.25, 0.3) is 10.9 Å². The van der Waals surface area contributed by atoms with Gasteiger partial charge in [0.1, 0.15) is 0 Å². The molecule has 1 aromatic heterocycles. The first-order valence-corrected chi connectivity index (χ1v) is 11.0. The smallest absolute Gasteiger partial charge is 0.255 e. The molecule has 154 valence electrons. The number of hydrogen-bond donors (Lipinski definition) is 1. The van der Waals surface area contributed by atoms with Crippen LogP contribution in [-0.2, 0) is 4.79 Å². The third kappa shape index (κ3) is 3.28. The first-order chi connectivity index (χ1) is 14.7. The van der Waals surface area contributed by atoms with Crippen molar-refractivity contribution < 1.29 is 9.59 Å². The van der Waals surface area contributed by atoms with Crippen molar-refractivity contribution in [1.29, 1.82) is 0 Å². The molecular formula is C25H27N3O2. The lowest BCUT2D eigenvalue weighted by atomic mass is 9.97. The highest BCUT2D eigenvalue weighted by atomic mass is 16.2. The number of H-pyrrole nitrogens is 1. The molecule has 2 aromatic carbocycles. The zero-order valence-corrected chi connectivity index (χ0v) is 17.1. The number of hydrogen-bond acceptors (Lipinski definition) is 2. The number of aromatic nitrogens is 1. The number of benzene rings is 2. The fourth-order valence-electron chi connectivity index (χ4n) is 4.95. The number of rotatable bonds is 4. The monoisotopic (exact) mass is 401 g/mol. The lowest BCUT2D eigenvalue weighted by molar-refractivity contribution is -0.131. The standard InChI is InChI=1S/C25H27N3O2/c29-23(27-14-7-1-2-8-15-27)13-16-28-24(19-10-3-4-11-20(19)25(28)30)21-17-26-22-12-6-5-9-18(21)22/h3-6,9-12,17,24,26H,1-2,7-8,13-16H2/t24-/m0/s1. The van der Waals surface area contributed by atoms with E-state index in [0.29, 0.717) is 13.0 Å². The molecule has 2 aliphatic heterocycles. The van der Waals surface area contributed by atoms with Crippen LogP contribution >= 0.6 is 0 Å². The van der Waals surface area contributed by atoms with Gasteiger partial charge in [-0.15, -0.1) is 0 Å². The lowest BCUT2D eigenvalue weighted by Gasteiger charge is -2.27. The van der Waals surface area contributed by atoms with Gasteiger partial charge >= 0.3 is 0 Å². The van der Waals surface area contributed by atoms with E-state index in [1.807, 2.05) is 52.4 Å². The number of para-hydroxylation sites is 1. The zero-order chi connectivity index (χ0) is 20.5. The predicted octanol–water partition coefficient (Wildman–Crippen LogP) is 4.51. The third-order valence-electron chi connectivity index (χ3n) is 6.50. The highest BCUT2D eigenvalue weighted by Crippen LogP contribution is 2.41. The van der Waals surface area contributed by atoms with Crippen LogP contribution in [0.4, 0.5) is 0 Å². The van der Waals surface area contributed by atoms with Gasteiger partial charge in [-0.3, -0.25) is 9.59 Å². The Bertz CT molecular complexity index is 1080. The summed E-state index contributed by atoms with van der Waals surface area (Å²) in [4.78, 5) is 33.4. The van der Waals surface area contributed by atoms with E-state index in [9.17, 15) is 9.59 Å². The van der Waals surface area contributed by atoms with Gasteiger partial charge in [0.2, 0.25) is 5.91 Å². The average Bonchev–Trinajstić information content (AvgIpc) is 3.17. The summed E-state index contributed by atoms with van der Waals surface area (Å²) in [5.74, 6) is 0.183. The number of carbonyl (C=O) groups is 2. The molecule has 2 aliphatic rings. The molecule has 5 heteroatoms. The van der Waals surface area contributed by atoms with Gasteiger partial charge in [0.15, 0.2) is 0 Å². The average molecular weight is 402 g/mol. The van der Waals surface area contributed by atoms with Crippen LogP contribution in [-0.4, -0.2) is 46.2 Å². The van der Waals surface area contributed by atoms with Crippen LogP contribution in [0.2, 0.25) is 0 Å². The van der Waals surface area contributed by atoms with Gasteiger partial charge in [-0.25, -0.2) is 0 Å². The van der Waals surface area contributed by atoms with Crippen LogP contribution in [0.15, 0.2) is 54.7 Å². The Balaban J connectivity index is 1.44. The molecule has 1 N–H and O–H groups in total.